The van der Waals surface area contributed by atoms with Crippen molar-refractivity contribution in [3.8, 4) is 5.75 Å². The minimum atomic E-state index is -0.664. The van der Waals surface area contributed by atoms with Gasteiger partial charge in [-0.2, -0.15) is 0 Å². The van der Waals surface area contributed by atoms with E-state index >= 15 is 0 Å². The molecule has 1 rings (SSSR count). The molecule has 0 fully saturated rings. The number of aliphatic hydroxyl groups excluding tert-OH is 3. The van der Waals surface area contributed by atoms with Crippen LogP contribution in [0, 0.1) is 0 Å². The summed E-state index contributed by atoms with van der Waals surface area (Å²) >= 11 is 0. The Hall–Kier alpha value is -1.14. The molecule has 1 aromatic rings. The molecule has 2 atom stereocenters. The molecule has 0 bridgehead atoms. The molecule has 0 saturated carbocycles. The fourth-order valence-electron chi connectivity index (χ4n) is 2.35. The van der Waals surface area contributed by atoms with Crippen molar-refractivity contribution in [2.75, 3.05) is 39.5 Å². The average molecular weight is 311 g/mol. The first-order chi connectivity index (χ1) is 10.6. The third-order valence-corrected chi connectivity index (χ3v) is 3.79. The number of hydrogen-bond donors (Lipinski definition) is 3. The van der Waals surface area contributed by atoms with Crippen molar-refractivity contribution in [3.05, 3.63) is 29.8 Å². The van der Waals surface area contributed by atoms with E-state index in [1.165, 1.54) is 0 Å². The molecular weight excluding hydrogens is 282 g/mol. The molecule has 0 saturated heterocycles. The molecule has 1 aromatic carbocycles. The minimum absolute atomic E-state index is 0.00439. The summed E-state index contributed by atoms with van der Waals surface area (Å²) in [5.74, 6) is 1.22. The Bertz CT molecular complexity index is 407. The summed E-state index contributed by atoms with van der Waals surface area (Å²) < 4.78 is 5.78. The van der Waals surface area contributed by atoms with Gasteiger partial charge in [0.05, 0.1) is 13.2 Å². The molecule has 126 valence electrons. The molecule has 0 radical (unpaired) electrons. The molecule has 0 amide bonds. The molecule has 0 aliphatic heterocycles. The zero-order valence-electron chi connectivity index (χ0n) is 13.6. The molecule has 5 heteroatoms. The highest BCUT2D eigenvalue weighted by atomic mass is 16.5. The third-order valence-electron chi connectivity index (χ3n) is 3.79. The van der Waals surface area contributed by atoms with Gasteiger partial charge in [0.15, 0.2) is 0 Å². The summed E-state index contributed by atoms with van der Waals surface area (Å²) in [5.41, 5.74) is 1.15. The van der Waals surface area contributed by atoms with Crippen molar-refractivity contribution in [2.45, 2.75) is 32.3 Å². The van der Waals surface area contributed by atoms with Crippen molar-refractivity contribution >= 4 is 0 Å². The van der Waals surface area contributed by atoms with E-state index in [9.17, 15) is 5.11 Å². The number of para-hydroxylation sites is 1. The van der Waals surface area contributed by atoms with Gasteiger partial charge in [0.2, 0.25) is 0 Å². The maximum Gasteiger partial charge on any atom is 0.122 e. The summed E-state index contributed by atoms with van der Waals surface area (Å²) in [6.07, 6.45) is 0.368. The highest BCUT2D eigenvalue weighted by Gasteiger charge is 2.14. The van der Waals surface area contributed by atoms with Crippen molar-refractivity contribution in [2.24, 2.45) is 0 Å². The Labute approximate surface area is 133 Å². The van der Waals surface area contributed by atoms with E-state index in [-0.39, 0.29) is 19.8 Å². The number of aliphatic hydroxyl groups is 3. The zero-order chi connectivity index (χ0) is 16.4. The van der Waals surface area contributed by atoms with Gasteiger partial charge in [-0.3, -0.25) is 4.90 Å². The van der Waals surface area contributed by atoms with Crippen LogP contribution in [-0.2, 0) is 0 Å². The molecule has 0 aliphatic rings. The van der Waals surface area contributed by atoms with Gasteiger partial charge in [-0.1, -0.05) is 32.0 Å². The fraction of sp³-hybridized carbons (Fsp3) is 0.647. The first-order valence-electron chi connectivity index (χ1n) is 7.96. The molecule has 0 unspecified atom stereocenters. The lowest BCUT2D eigenvalue weighted by atomic mass is 9.98. The molecule has 5 nitrogen and oxygen atoms in total. The van der Waals surface area contributed by atoms with Gasteiger partial charge in [0.1, 0.15) is 18.5 Å². The maximum atomic E-state index is 10.1. The highest BCUT2D eigenvalue weighted by molar-refractivity contribution is 5.35. The van der Waals surface area contributed by atoms with E-state index in [1.807, 2.05) is 23.1 Å². The van der Waals surface area contributed by atoms with Crippen LogP contribution in [0.5, 0.6) is 5.75 Å². The number of rotatable bonds is 11. The Morgan fingerprint density at radius 2 is 1.77 bits per heavy atom. The predicted octanol–water partition coefficient (Wildman–Crippen LogP) is 1.23. The second kappa shape index (κ2) is 10.6. The van der Waals surface area contributed by atoms with Gasteiger partial charge >= 0.3 is 0 Å². The second-order valence-electron chi connectivity index (χ2n) is 5.56. The summed E-state index contributed by atoms with van der Waals surface area (Å²) in [5, 5.41) is 28.0. The summed E-state index contributed by atoms with van der Waals surface area (Å²) in [7, 11) is 0. The lowest BCUT2D eigenvalue weighted by Crippen LogP contribution is -2.38. The second-order valence-corrected chi connectivity index (χ2v) is 5.56. The van der Waals surface area contributed by atoms with Gasteiger partial charge in [-0.25, -0.2) is 0 Å². The number of nitrogens with zero attached hydrogens (tertiary/aromatic N) is 1. The van der Waals surface area contributed by atoms with Crippen molar-refractivity contribution in [1.82, 2.24) is 4.90 Å². The Balaban J connectivity index is 2.54. The standard InChI is InChI=1S/C17H29NO4/c1-3-14(2)16-6-4-5-7-17(16)22-13-15(21)12-18(8-10-19)9-11-20/h4-7,14-15,19-21H,3,8-13H2,1-2H3/t14-,15-/m1/s1. The topological polar surface area (TPSA) is 73.2 Å². The lowest BCUT2D eigenvalue weighted by molar-refractivity contribution is 0.0549. The van der Waals surface area contributed by atoms with E-state index in [4.69, 9.17) is 14.9 Å². The molecule has 22 heavy (non-hydrogen) atoms. The summed E-state index contributed by atoms with van der Waals surface area (Å²) in [4.78, 5) is 1.81. The van der Waals surface area contributed by atoms with Crippen molar-refractivity contribution in [1.29, 1.82) is 0 Å². The van der Waals surface area contributed by atoms with Crippen molar-refractivity contribution in [3.63, 3.8) is 0 Å². The van der Waals surface area contributed by atoms with E-state index in [1.54, 1.807) is 0 Å². The average Bonchev–Trinajstić information content (AvgIpc) is 2.53. The largest absolute Gasteiger partial charge is 0.491 e. The number of hydrogen-bond acceptors (Lipinski definition) is 5. The van der Waals surface area contributed by atoms with Crippen LogP contribution in [0.25, 0.3) is 0 Å². The molecular formula is C17H29NO4. The Kier molecular flexibility index (Phi) is 9.08. The number of benzene rings is 1. The first kappa shape index (κ1) is 18.9. The van der Waals surface area contributed by atoms with Crippen molar-refractivity contribution < 1.29 is 20.1 Å². The van der Waals surface area contributed by atoms with Crippen LogP contribution in [0.1, 0.15) is 31.7 Å². The van der Waals surface area contributed by atoms with Gasteiger partial charge in [-0.15, -0.1) is 0 Å². The fourth-order valence-corrected chi connectivity index (χ4v) is 2.35. The van der Waals surface area contributed by atoms with E-state index in [0.29, 0.717) is 25.6 Å². The highest BCUT2D eigenvalue weighted by Crippen LogP contribution is 2.28. The van der Waals surface area contributed by atoms with Crippen LogP contribution >= 0.6 is 0 Å². The molecule has 0 aromatic heterocycles. The first-order valence-corrected chi connectivity index (χ1v) is 7.96. The third kappa shape index (κ3) is 6.32. The van der Waals surface area contributed by atoms with E-state index in [2.05, 4.69) is 19.9 Å². The summed E-state index contributed by atoms with van der Waals surface area (Å²) in [6, 6.07) is 7.90. The Morgan fingerprint density at radius 3 is 2.36 bits per heavy atom. The predicted molar refractivity (Wildman–Crippen MR) is 87.3 cm³/mol. The van der Waals surface area contributed by atoms with Crippen LogP contribution in [-0.4, -0.2) is 65.8 Å². The van der Waals surface area contributed by atoms with Crippen LogP contribution in [0.2, 0.25) is 0 Å². The smallest absolute Gasteiger partial charge is 0.122 e. The maximum absolute atomic E-state index is 10.1. The van der Waals surface area contributed by atoms with Gasteiger partial charge < -0.3 is 20.1 Å². The molecule has 0 aliphatic carbocycles. The van der Waals surface area contributed by atoms with E-state index < -0.39 is 6.10 Å². The monoisotopic (exact) mass is 311 g/mol. The molecule has 0 spiro atoms. The quantitative estimate of drug-likeness (QED) is 0.573. The zero-order valence-corrected chi connectivity index (χ0v) is 13.6. The van der Waals surface area contributed by atoms with Gasteiger partial charge in [-0.05, 0) is 24.0 Å². The lowest BCUT2D eigenvalue weighted by Gasteiger charge is -2.24. The molecule has 3 N–H and O–H groups in total. The minimum Gasteiger partial charge on any atom is -0.491 e. The van der Waals surface area contributed by atoms with Crippen LogP contribution in [0.4, 0.5) is 0 Å². The van der Waals surface area contributed by atoms with Crippen LogP contribution in [0.15, 0.2) is 24.3 Å². The molecule has 0 heterocycles. The van der Waals surface area contributed by atoms with Crippen LogP contribution < -0.4 is 4.74 Å². The van der Waals surface area contributed by atoms with Crippen LogP contribution in [0.3, 0.4) is 0 Å². The SMILES string of the molecule is CC[C@@H](C)c1ccccc1OC[C@H](O)CN(CCO)CCO. The Morgan fingerprint density at radius 1 is 1.14 bits per heavy atom. The van der Waals surface area contributed by atoms with E-state index in [0.717, 1.165) is 17.7 Å². The van der Waals surface area contributed by atoms with Gasteiger partial charge in [0.25, 0.3) is 0 Å². The number of ether oxygens (including phenoxy) is 1. The van der Waals surface area contributed by atoms with Gasteiger partial charge in [0, 0.05) is 19.6 Å². The summed E-state index contributed by atoms with van der Waals surface area (Å²) in [6.45, 7) is 5.73. The normalized spacial score (nSPS) is 14.1.